The minimum absolute atomic E-state index is 0.0944. The van der Waals surface area contributed by atoms with Gasteiger partial charge < -0.3 is 10.0 Å². The lowest BCUT2D eigenvalue weighted by Gasteiger charge is -2.31. The van der Waals surface area contributed by atoms with Gasteiger partial charge in [-0.05, 0) is 31.4 Å². The van der Waals surface area contributed by atoms with Gasteiger partial charge in [-0.2, -0.15) is 0 Å². The van der Waals surface area contributed by atoms with Crippen LogP contribution in [0.2, 0.25) is 0 Å². The number of hydrogen-bond donors (Lipinski definition) is 1. The van der Waals surface area contributed by atoms with Crippen molar-refractivity contribution in [3.8, 4) is 0 Å². The first-order valence-electron chi connectivity index (χ1n) is 7.08. The van der Waals surface area contributed by atoms with Crippen LogP contribution in [0.1, 0.15) is 37.6 Å². The molecule has 0 aliphatic rings. The second kappa shape index (κ2) is 7.11. The Morgan fingerprint density at radius 3 is 2.24 bits per heavy atom. The molecule has 0 saturated heterocycles. The third-order valence-corrected chi connectivity index (χ3v) is 3.56. The van der Waals surface area contributed by atoms with Crippen LogP contribution in [-0.2, 0) is 0 Å². The summed E-state index contributed by atoms with van der Waals surface area (Å²) < 4.78 is 0. The van der Waals surface area contributed by atoms with Gasteiger partial charge in [-0.1, -0.05) is 26.0 Å². The first-order chi connectivity index (χ1) is 9.75. The molecule has 0 bridgehead atoms. The van der Waals surface area contributed by atoms with Crippen molar-refractivity contribution in [1.82, 2.24) is 4.90 Å². The highest BCUT2D eigenvalue weighted by Gasteiger charge is 2.23. The number of carboxylic acids is 1. The van der Waals surface area contributed by atoms with Crippen molar-refractivity contribution in [1.29, 1.82) is 0 Å². The number of aromatic carboxylic acids is 1. The number of carbonyl (C=O) groups excluding carboxylic acids is 1. The Labute approximate surface area is 126 Å². The largest absolute Gasteiger partial charge is 0.478 e. The Kier molecular flexibility index (Phi) is 5.76. The van der Waals surface area contributed by atoms with Gasteiger partial charge in [0.05, 0.1) is 11.3 Å². The molecule has 1 rings (SSSR count). The monoisotopic (exact) mass is 292 g/mol. The lowest BCUT2D eigenvalue weighted by Crippen LogP contribution is -2.44. The molecule has 1 unspecified atom stereocenters. The fraction of sp³-hybridized carbons (Fsp3) is 0.500. The van der Waals surface area contributed by atoms with Crippen LogP contribution in [0.3, 0.4) is 0 Å². The smallest absolute Gasteiger partial charge is 0.337 e. The molecule has 21 heavy (non-hydrogen) atoms. The molecule has 5 heteroatoms. The number of para-hydroxylation sites is 1. The Morgan fingerprint density at radius 2 is 1.71 bits per heavy atom. The Balaban J connectivity index is 2.95. The number of hydrogen-bond acceptors (Lipinski definition) is 2. The maximum Gasteiger partial charge on any atom is 0.337 e. The average molecular weight is 292 g/mol. The van der Waals surface area contributed by atoms with Gasteiger partial charge in [0.2, 0.25) is 0 Å². The number of carbonyl (C=O) groups is 2. The van der Waals surface area contributed by atoms with Crippen molar-refractivity contribution in [3.63, 3.8) is 0 Å². The first kappa shape index (κ1) is 17.0. The molecule has 2 amide bonds. The molecule has 0 aromatic heterocycles. The molecule has 1 N–H and O–H groups in total. The summed E-state index contributed by atoms with van der Waals surface area (Å²) in [6.45, 7) is 6.21. The molecular weight excluding hydrogens is 268 g/mol. The lowest BCUT2D eigenvalue weighted by molar-refractivity contribution is 0.0697. The molecule has 0 aliphatic heterocycles. The quantitative estimate of drug-likeness (QED) is 0.905. The van der Waals surface area contributed by atoms with Gasteiger partial charge in [-0.25, -0.2) is 9.59 Å². The number of amides is 2. The van der Waals surface area contributed by atoms with Gasteiger partial charge in [0.1, 0.15) is 0 Å². The van der Waals surface area contributed by atoms with Crippen molar-refractivity contribution in [2.24, 2.45) is 5.92 Å². The minimum Gasteiger partial charge on any atom is -0.478 e. The van der Waals surface area contributed by atoms with Crippen LogP contribution in [0.15, 0.2) is 24.3 Å². The van der Waals surface area contributed by atoms with E-state index in [1.807, 2.05) is 6.92 Å². The zero-order valence-corrected chi connectivity index (χ0v) is 13.3. The van der Waals surface area contributed by atoms with Crippen molar-refractivity contribution in [3.05, 3.63) is 29.8 Å². The predicted octanol–water partition coefficient (Wildman–Crippen LogP) is 3.31. The molecule has 0 fully saturated rings. The van der Waals surface area contributed by atoms with E-state index in [-0.39, 0.29) is 17.6 Å². The summed E-state index contributed by atoms with van der Waals surface area (Å²) >= 11 is 0. The molecule has 0 heterocycles. The SMILES string of the molecule is CC(C)CC(C)N(C)C(=O)N(C)c1ccccc1C(=O)O. The standard InChI is InChI=1S/C16H24N2O3/c1-11(2)10-12(3)17(4)16(21)18(5)14-9-7-6-8-13(14)15(19)20/h6-9,11-12H,10H2,1-5H3,(H,19,20). The first-order valence-corrected chi connectivity index (χ1v) is 7.08. The van der Waals surface area contributed by atoms with Crippen molar-refractivity contribution in [2.45, 2.75) is 33.2 Å². The summed E-state index contributed by atoms with van der Waals surface area (Å²) in [5.41, 5.74) is 0.525. The molecule has 0 aliphatic carbocycles. The van der Waals surface area contributed by atoms with Crippen LogP contribution < -0.4 is 4.90 Å². The Hall–Kier alpha value is -2.04. The third-order valence-electron chi connectivity index (χ3n) is 3.56. The van der Waals surface area contributed by atoms with Crippen LogP contribution in [0.5, 0.6) is 0 Å². The second-order valence-corrected chi connectivity index (χ2v) is 5.75. The van der Waals surface area contributed by atoms with E-state index in [4.69, 9.17) is 0 Å². The number of benzene rings is 1. The van der Waals surface area contributed by atoms with Crippen LogP contribution in [0.25, 0.3) is 0 Å². The van der Waals surface area contributed by atoms with E-state index in [0.717, 1.165) is 6.42 Å². The maximum atomic E-state index is 12.5. The Morgan fingerprint density at radius 1 is 1.14 bits per heavy atom. The van der Waals surface area contributed by atoms with Gasteiger partial charge in [0, 0.05) is 20.1 Å². The summed E-state index contributed by atoms with van der Waals surface area (Å²) in [4.78, 5) is 26.8. The van der Waals surface area contributed by atoms with E-state index in [1.54, 1.807) is 37.2 Å². The van der Waals surface area contributed by atoms with E-state index >= 15 is 0 Å². The van der Waals surface area contributed by atoms with E-state index in [1.165, 1.54) is 11.0 Å². The van der Waals surface area contributed by atoms with Crippen LogP contribution in [-0.4, -0.2) is 42.1 Å². The highest BCUT2D eigenvalue weighted by atomic mass is 16.4. The fourth-order valence-corrected chi connectivity index (χ4v) is 2.32. The summed E-state index contributed by atoms with van der Waals surface area (Å²) in [5.74, 6) is -0.546. The summed E-state index contributed by atoms with van der Waals surface area (Å²) in [6, 6.07) is 6.40. The second-order valence-electron chi connectivity index (χ2n) is 5.75. The third kappa shape index (κ3) is 4.21. The van der Waals surface area contributed by atoms with Gasteiger partial charge in [-0.15, -0.1) is 0 Å². The molecule has 116 valence electrons. The highest BCUT2D eigenvalue weighted by molar-refractivity contribution is 6.01. The molecule has 0 saturated carbocycles. The van der Waals surface area contributed by atoms with Crippen molar-refractivity contribution in [2.75, 3.05) is 19.0 Å². The highest BCUT2D eigenvalue weighted by Crippen LogP contribution is 2.21. The van der Waals surface area contributed by atoms with Crippen molar-refractivity contribution >= 4 is 17.7 Å². The number of carboxylic acid groups (broad SMARTS) is 1. The zero-order chi connectivity index (χ0) is 16.2. The van der Waals surface area contributed by atoms with Gasteiger partial charge in [-0.3, -0.25) is 4.90 Å². The van der Waals surface area contributed by atoms with E-state index in [0.29, 0.717) is 11.6 Å². The number of urea groups is 1. The van der Waals surface area contributed by atoms with Gasteiger partial charge in [0.25, 0.3) is 0 Å². The molecule has 0 radical (unpaired) electrons. The molecule has 0 spiro atoms. The van der Waals surface area contributed by atoms with Crippen molar-refractivity contribution < 1.29 is 14.7 Å². The van der Waals surface area contributed by atoms with Crippen LogP contribution in [0, 0.1) is 5.92 Å². The average Bonchev–Trinajstić information content (AvgIpc) is 2.44. The summed E-state index contributed by atoms with van der Waals surface area (Å²) in [7, 11) is 3.35. The summed E-state index contributed by atoms with van der Waals surface area (Å²) in [6.07, 6.45) is 0.899. The molecule has 5 nitrogen and oxygen atoms in total. The zero-order valence-electron chi connectivity index (χ0n) is 13.3. The van der Waals surface area contributed by atoms with E-state index in [2.05, 4.69) is 13.8 Å². The normalized spacial score (nSPS) is 12.1. The minimum atomic E-state index is -1.04. The number of anilines is 1. The molecule has 1 atom stereocenters. The molecular formula is C16H24N2O3. The fourth-order valence-electron chi connectivity index (χ4n) is 2.32. The summed E-state index contributed by atoms with van der Waals surface area (Å²) in [5, 5.41) is 9.21. The number of rotatable bonds is 5. The van der Waals surface area contributed by atoms with E-state index < -0.39 is 5.97 Å². The molecule has 1 aromatic carbocycles. The van der Waals surface area contributed by atoms with Crippen LogP contribution >= 0.6 is 0 Å². The Bertz CT molecular complexity index is 514. The van der Waals surface area contributed by atoms with Crippen LogP contribution in [0.4, 0.5) is 10.5 Å². The lowest BCUT2D eigenvalue weighted by atomic mass is 10.0. The maximum absolute atomic E-state index is 12.5. The van der Waals surface area contributed by atoms with Gasteiger partial charge in [0.15, 0.2) is 0 Å². The topological polar surface area (TPSA) is 60.9 Å². The van der Waals surface area contributed by atoms with E-state index in [9.17, 15) is 14.7 Å². The predicted molar refractivity (Wildman–Crippen MR) is 83.9 cm³/mol. The van der Waals surface area contributed by atoms with Gasteiger partial charge >= 0.3 is 12.0 Å². The number of nitrogens with zero attached hydrogens (tertiary/aromatic N) is 2. The molecule has 1 aromatic rings.